The molecule has 116 valence electrons. The van der Waals surface area contributed by atoms with Crippen LogP contribution in [-0.2, 0) is 4.74 Å². The third-order valence-electron chi connectivity index (χ3n) is 5.44. The molecule has 0 aliphatic carbocycles. The van der Waals surface area contributed by atoms with E-state index in [-0.39, 0.29) is 11.6 Å². The second-order valence-corrected chi connectivity index (χ2v) is 7.26. The zero-order chi connectivity index (χ0) is 15.1. The lowest BCUT2D eigenvalue weighted by molar-refractivity contribution is -0.212. The minimum absolute atomic E-state index is 0.117. The third-order valence-corrected chi connectivity index (χ3v) is 5.44. The minimum Gasteiger partial charge on any atom is -0.388 e. The van der Waals surface area contributed by atoms with Crippen LogP contribution in [0, 0.1) is 0 Å². The maximum atomic E-state index is 10.8. The SMILES string of the molecule is CN[C@H]1CCC2(C)C[C@H](c3ccccc3)CC(C)(O2)[C@@H]1O. The van der Waals surface area contributed by atoms with Crippen LogP contribution in [0.25, 0.3) is 0 Å². The topological polar surface area (TPSA) is 41.5 Å². The van der Waals surface area contributed by atoms with Crippen molar-refractivity contribution in [1.82, 2.24) is 5.32 Å². The predicted molar refractivity (Wildman–Crippen MR) is 84.4 cm³/mol. The molecule has 2 saturated heterocycles. The molecule has 2 unspecified atom stereocenters. The average Bonchev–Trinajstić information content (AvgIpc) is 2.53. The molecule has 0 aromatic heterocycles. The van der Waals surface area contributed by atoms with Crippen LogP contribution in [0.3, 0.4) is 0 Å². The van der Waals surface area contributed by atoms with Gasteiger partial charge in [-0.1, -0.05) is 30.3 Å². The molecular weight excluding hydrogens is 262 g/mol. The van der Waals surface area contributed by atoms with Crippen LogP contribution in [0.2, 0.25) is 0 Å². The van der Waals surface area contributed by atoms with E-state index < -0.39 is 11.7 Å². The number of hydrogen-bond donors (Lipinski definition) is 2. The summed E-state index contributed by atoms with van der Waals surface area (Å²) in [4.78, 5) is 0. The molecule has 3 heteroatoms. The number of benzene rings is 1. The van der Waals surface area contributed by atoms with Gasteiger partial charge in [0.1, 0.15) is 0 Å². The van der Waals surface area contributed by atoms with Crippen molar-refractivity contribution < 1.29 is 9.84 Å². The molecule has 21 heavy (non-hydrogen) atoms. The van der Waals surface area contributed by atoms with Crippen molar-refractivity contribution >= 4 is 0 Å². The lowest BCUT2D eigenvalue weighted by Crippen LogP contribution is -2.56. The van der Waals surface area contributed by atoms with Gasteiger partial charge in [-0.2, -0.15) is 0 Å². The van der Waals surface area contributed by atoms with E-state index in [0.717, 1.165) is 25.7 Å². The fraction of sp³-hybridized carbons (Fsp3) is 0.667. The van der Waals surface area contributed by atoms with Gasteiger partial charge < -0.3 is 15.2 Å². The van der Waals surface area contributed by atoms with Crippen LogP contribution < -0.4 is 5.32 Å². The summed E-state index contributed by atoms with van der Waals surface area (Å²) in [5.74, 6) is 0.459. The smallest absolute Gasteiger partial charge is 0.0979 e. The number of hydrogen-bond acceptors (Lipinski definition) is 3. The maximum absolute atomic E-state index is 10.8. The summed E-state index contributed by atoms with van der Waals surface area (Å²) in [6.45, 7) is 4.30. The van der Waals surface area contributed by atoms with Gasteiger partial charge in [-0.25, -0.2) is 0 Å². The van der Waals surface area contributed by atoms with Gasteiger partial charge >= 0.3 is 0 Å². The van der Waals surface area contributed by atoms with Crippen molar-refractivity contribution in [3.8, 4) is 0 Å². The van der Waals surface area contributed by atoms with Gasteiger partial charge in [0, 0.05) is 6.04 Å². The third kappa shape index (κ3) is 2.75. The number of rotatable bonds is 2. The van der Waals surface area contributed by atoms with E-state index in [1.165, 1.54) is 5.56 Å². The molecule has 2 aliphatic rings. The molecule has 2 N–H and O–H groups in total. The number of fused-ring (bicyclic) bond motifs is 2. The first-order valence-corrected chi connectivity index (χ1v) is 8.06. The van der Waals surface area contributed by atoms with Crippen molar-refractivity contribution in [2.24, 2.45) is 0 Å². The van der Waals surface area contributed by atoms with Crippen LogP contribution in [0.15, 0.2) is 30.3 Å². The van der Waals surface area contributed by atoms with Crippen molar-refractivity contribution in [3.63, 3.8) is 0 Å². The Morgan fingerprint density at radius 1 is 1.19 bits per heavy atom. The second-order valence-electron chi connectivity index (χ2n) is 7.26. The van der Waals surface area contributed by atoms with Crippen LogP contribution >= 0.6 is 0 Å². The summed E-state index contributed by atoms with van der Waals surface area (Å²) in [5.41, 5.74) is 0.756. The molecule has 1 aromatic rings. The highest BCUT2D eigenvalue weighted by Crippen LogP contribution is 2.49. The Morgan fingerprint density at radius 3 is 2.57 bits per heavy atom. The van der Waals surface area contributed by atoms with Gasteiger partial charge in [-0.15, -0.1) is 0 Å². The Kier molecular flexibility index (Phi) is 3.85. The highest BCUT2D eigenvalue weighted by molar-refractivity contribution is 5.23. The lowest BCUT2D eigenvalue weighted by Gasteiger charge is -2.49. The molecule has 2 aliphatic heterocycles. The highest BCUT2D eigenvalue weighted by atomic mass is 16.5. The van der Waals surface area contributed by atoms with E-state index in [2.05, 4.69) is 49.5 Å². The molecule has 5 atom stereocenters. The summed E-state index contributed by atoms with van der Waals surface area (Å²) < 4.78 is 6.43. The molecule has 1 aromatic carbocycles. The average molecular weight is 289 g/mol. The van der Waals surface area contributed by atoms with Gasteiger partial charge in [-0.05, 0) is 58.1 Å². The van der Waals surface area contributed by atoms with Gasteiger partial charge in [0.15, 0.2) is 0 Å². The quantitative estimate of drug-likeness (QED) is 0.879. The molecule has 2 bridgehead atoms. The Balaban J connectivity index is 1.94. The molecular formula is C18H27NO2. The molecule has 0 amide bonds. The monoisotopic (exact) mass is 289 g/mol. The number of likely N-dealkylation sites (N-methyl/N-ethyl adjacent to an activating group) is 1. The fourth-order valence-electron chi connectivity index (χ4n) is 4.37. The van der Waals surface area contributed by atoms with E-state index in [1.54, 1.807) is 0 Å². The molecule has 2 heterocycles. The lowest BCUT2D eigenvalue weighted by atomic mass is 9.74. The van der Waals surface area contributed by atoms with Gasteiger partial charge in [0.2, 0.25) is 0 Å². The molecule has 3 rings (SSSR count). The second kappa shape index (κ2) is 5.38. The van der Waals surface area contributed by atoms with Crippen LogP contribution in [0.5, 0.6) is 0 Å². The van der Waals surface area contributed by atoms with Crippen molar-refractivity contribution in [2.45, 2.75) is 68.8 Å². The molecule has 0 radical (unpaired) electrons. The van der Waals surface area contributed by atoms with Crippen LogP contribution in [-0.4, -0.2) is 35.5 Å². The van der Waals surface area contributed by atoms with Crippen molar-refractivity contribution in [2.75, 3.05) is 7.05 Å². The predicted octanol–water partition coefficient (Wildman–Crippen LogP) is 2.84. The van der Waals surface area contributed by atoms with Gasteiger partial charge in [0.25, 0.3) is 0 Å². The summed E-state index contributed by atoms with van der Waals surface area (Å²) in [5, 5.41) is 14.1. The van der Waals surface area contributed by atoms with Gasteiger partial charge in [-0.3, -0.25) is 0 Å². The summed E-state index contributed by atoms with van der Waals surface area (Å²) >= 11 is 0. The zero-order valence-corrected chi connectivity index (χ0v) is 13.3. The summed E-state index contributed by atoms with van der Waals surface area (Å²) in [6.07, 6.45) is 3.41. The first-order valence-electron chi connectivity index (χ1n) is 8.06. The molecule has 0 spiro atoms. The van der Waals surface area contributed by atoms with E-state index in [4.69, 9.17) is 4.74 Å². The summed E-state index contributed by atoms with van der Waals surface area (Å²) in [7, 11) is 1.93. The first-order chi connectivity index (χ1) is 9.96. The maximum Gasteiger partial charge on any atom is 0.0979 e. The van der Waals surface area contributed by atoms with Crippen LogP contribution in [0.4, 0.5) is 0 Å². The standard InChI is InChI=1S/C18H27NO2/c1-17-10-9-15(19-3)16(20)18(2,21-17)12-14(11-17)13-7-5-4-6-8-13/h4-8,14-16,19-20H,9-12H2,1-3H3/t14-,15-,16+,17?,18?/m0/s1. The van der Waals surface area contributed by atoms with E-state index in [9.17, 15) is 5.11 Å². The van der Waals surface area contributed by atoms with Crippen molar-refractivity contribution in [3.05, 3.63) is 35.9 Å². The Hall–Kier alpha value is -0.900. The number of nitrogens with one attached hydrogen (secondary N) is 1. The summed E-state index contributed by atoms with van der Waals surface area (Å²) in [6, 6.07) is 10.8. The van der Waals surface area contributed by atoms with E-state index in [0.29, 0.717) is 5.92 Å². The Morgan fingerprint density at radius 2 is 1.90 bits per heavy atom. The number of aliphatic hydroxyl groups is 1. The van der Waals surface area contributed by atoms with E-state index in [1.807, 2.05) is 7.05 Å². The van der Waals surface area contributed by atoms with Crippen LogP contribution in [0.1, 0.15) is 51.0 Å². The fourth-order valence-corrected chi connectivity index (χ4v) is 4.37. The number of ether oxygens (including phenoxy) is 1. The highest BCUT2D eigenvalue weighted by Gasteiger charge is 2.52. The van der Waals surface area contributed by atoms with E-state index >= 15 is 0 Å². The van der Waals surface area contributed by atoms with Gasteiger partial charge in [0.05, 0.1) is 17.3 Å². The number of aliphatic hydroxyl groups excluding tert-OH is 1. The molecule has 0 saturated carbocycles. The largest absolute Gasteiger partial charge is 0.388 e. The first kappa shape index (κ1) is 15.0. The minimum atomic E-state index is -0.475. The molecule has 3 nitrogen and oxygen atoms in total. The zero-order valence-electron chi connectivity index (χ0n) is 13.3. The molecule has 2 fully saturated rings. The normalized spacial score (nSPS) is 43.3. The Labute approximate surface area is 127 Å². The Bertz CT molecular complexity index is 491. The van der Waals surface area contributed by atoms with Crippen molar-refractivity contribution in [1.29, 1.82) is 0 Å².